The Bertz CT molecular complexity index is 1680. The molecule has 0 amide bonds. The van der Waals surface area contributed by atoms with Gasteiger partial charge in [-0.15, -0.1) is 5.75 Å². The molecule has 13 heteroatoms. The average Bonchev–Trinajstić information content (AvgIpc) is 3.01. The zero-order chi connectivity index (χ0) is 35.2. The van der Waals surface area contributed by atoms with E-state index in [1.807, 2.05) is 0 Å². The summed E-state index contributed by atoms with van der Waals surface area (Å²) in [5.74, 6) is 0.0379. The topological polar surface area (TPSA) is 173 Å². The summed E-state index contributed by atoms with van der Waals surface area (Å²) in [6.45, 7) is 4.15. The minimum atomic E-state index is -4.76. The fraction of sp³-hybridized carbons (Fsp3) is 0.333. The number of phenols is 1. The third-order valence-electron chi connectivity index (χ3n) is 7.27. The number of para-hydroxylation sites is 2. The Morgan fingerprint density at radius 3 is 1.51 bits per heavy atom. The fourth-order valence-electron chi connectivity index (χ4n) is 5.09. The van der Waals surface area contributed by atoms with Crippen molar-refractivity contribution in [3.63, 3.8) is 0 Å². The summed E-state index contributed by atoms with van der Waals surface area (Å²) < 4.78 is 79.6. The standard InChI is InChI=1S/2C18H22O5S.Ca/c2*1-2-3-4-6-9-14-12-15(19)13-17(18(14)24(20,21)22)23-16-10-7-5-8-11-16;/h2*5,7-8,10-13,19H,2-4,6,9H2,1H3,(H,20,21,22);/q;;+2/p-2. The Labute approximate surface area is 319 Å². The van der Waals surface area contributed by atoms with Crippen molar-refractivity contribution in [3.8, 4) is 34.5 Å². The van der Waals surface area contributed by atoms with Gasteiger partial charge in [0.15, 0.2) is 5.75 Å². The minimum absolute atomic E-state index is 0. The summed E-state index contributed by atoms with van der Waals surface area (Å²) in [6.07, 6.45) is 8.31. The van der Waals surface area contributed by atoms with Crippen LogP contribution in [0.3, 0.4) is 0 Å². The first-order valence-electron chi connectivity index (χ1n) is 15.9. The number of benzene rings is 4. The molecule has 0 aromatic heterocycles. The summed E-state index contributed by atoms with van der Waals surface area (Å²) in [4.78, 5) is -0.705. The van der Waals surface area contributed by atoms with Crippen LogP contribution in [0.15, 0.2) is 94.7 Å². The molecular formula is C36H42CaO10S2. The van der Waals surface area contributed by atoms with E-state index >= 15 is 0 Å². The molecule has 0 unspecified atom stereocenters. The van der Waals surface area contributed by atoms with E-state index in [-0.39, 0.29) is 71.2 Å². The Morgan fingerprint density at radius 2 is 1.08 bits per heavy atom. The van der Waals surface area contributed by atoms with Gasteiger partial charge in [0.1, 0.15) is 42.9 Å². The summed E-state index contributed by atoms with van der Waals surface area (Å²) in [5, 5.41) is 21.8. The Morgan fingerprint density at radius 1 is 0.633 bits per heavy atom. The molecule has 0 spiro atoms. The molecule has 0 fully saturated rings. The molecule has 2 N–H and O–H groups in total. The van der Waals surface area contributed by atoms with Crippen molar-refractivity contribution >= 4 is 58.0 Å². The molecule has 0 aliphatic heterocycles. The van der Waals surface area contributed by atoms with Gasteiger partial charge in [0.2, 0.25) is 0 Å². The molecular weight excluding hydrogens is 697 g/mol. The maximum atomic E-state index is 11.9. The Hall–Kier alpha value is -2.84. The zero-order valence-corrected chi connectivity index (χ0v) is 31.7. The first-order valence-corrected chi connectivity index (χ1v) is 18.8. The quantitative estimate of drug-likeness (QED) is 0.0657. The molecule has 0 radical (unpaired) electrons. The second-order valence-corrected chi connectivity index (χ2v) is 13.9. The molecule has 10 nitrogen and oxygen atoms in total. The Balaban J connectivity index is 0.000000333. The third-order valence-corrected chi connectivity index (χ3v) is 9.21. The fourth-order valence-corrected chi connectivity index (χ4v) is 6.77. The molecule has 260 valence electrons. The molecule has 0 aliphatic rings. The summed E-state index contributed by atoms with van der Waals surface area (Å²) in [5.41, 5.74) is 0.596. The maximum absolute atomic E-state index is 11.9. The molecule has 49 heavy (non-hydrogen) atoms. The van der Waals surface area contributed by atoms with Crippen LogP contribution in [-0.4, -0.2) is 68.8 Å². The van der Waals surface area contributed by atoms with Gasteiger partial charge in [0, 0.05) is 6.07 Å². The SMILES string of the molecule is CCCCCCc1cc(O)cc(Oc2ccccc2)c1S(=O)(=O)O.CCCCCCc1cc([O-])cc(Oc2ccccc2)c1S(=O)(=O)[O-].[Ca+2]. The van der Waals surface area contributed by atoms with Gasteiger partial charge in [-0.1, -0.05) is 94.8 Å². The largest absolute Gasteiger partial charge is 2.00 e. The van der Waals surface area contributed by atoms with E-state index in [4.69, 9.17) is 9.47 Å². The van der Waals surface area contributed by atoms with Crippen LogP contribution in [0.2, 0.25) is 0 Å². The van der Waals surface area contributed by atoms with Crippen molar-refractivity contribution < 1.29 is 45.6 Å². The number of ether oxygens (including phenoxy) is 2. The molecule has 0 saturated heterocycles. The summed E-state index contributed by atoms with van der Waals surface area (Å²) in [6, 6.07) is 21.9. The van der Waals surface area contributed by atoms with Crippen molar-refractivity contribution in [2.45, 2.75) is 87.8 Å². The molecule has 0 aliphatic carbocycles. The van der Waals surface area contributed by atoms with Crippen LogP contribution in [0.4, 0.5) is 0 Å². The first kappa shape index (κ1) is 42.3. The molecule has 4 aromatic carbocycles. The molecule has 0 heterocycles. The van der Waals surface area contributed by atoms with Gasteiger partial charge in [-0.05, 0) is 73.2 Å². The third kappa shape index (κ3) is 14.1. The van der Waals surface area contributed by atoms with Gasteiger partial charge in [0.05, 0.1) is 0 Å². The minimum Gasteiger partial charge on any atom is -0.872 e. The smallest absolute Gasteiger partial charge is 0.872 e. The van der Waals surface area contributed by atoms with Crippen LogP contribution < -0.4 is 14.6 Å². The monoisotopic (exact) mass is 738 g/mol. The van der Waals surface area contributed by atoms with Gasteiger partial charge in [-0.25, -0.2) is 8.42 Å². The van der Waals surface area contributed by atoms with Crippen LogP contribution in [0, 0.1) is 0 Å². The van der Waals surface area contributed by atoms with E-state index in [9.17, 15) is 36.2 Å². The van der Waals surface area contributed by atoms with E-state index < -0.39 is 25.1 Å². The van der Waals surface area contributed by atoms with Gasteiger partial charge < -0.3 is 24.2 Å². The van der Waals surface area contributed by atoms with Crippen LogP contribution in [0.1, 0.15) is 76.3 Å². The number of aromatic hydroxyl groups is 1. The van der Waals surface area contributed by atoms with E-state index in [1.54, 1.807) is 60.7 Å². The van der Waals surface area contributed by atoms with Crippen LogP contribution in [0.25, 0.3) is 0 Å². The van der Waals surface area contributed by atoms with E-state index in [0.717, 1.165) is 51.0 Å². The van der Waals surface area contributed by atoms with Gasteiger partial charge >= 0.3 is 37.7 Å². The van der Waals surface area contributed by atoms with Gasteiger partial charge in [-0.2, -0.15) is 8.42 Å². The van der Waals surface area contributed by atoms with Crippen molar-refractivity contribution in [1.82, 2.24) is 0 Å². The van der Waals surface area contributed by atoms with E-state index in [1.165, 1.54) is 18.2 Å². The second kappa shape index (κ2) is 20.7. The predicted octanol–water partition coefficient (Wildman–Crippen LogP) is 7.75. The molecule has 0 atom stereocenters. The number of rotatable bonds is 16. The number of phenolic OH excluding ortho intramolecular Hbond substituents is 1. The molecule has 0 saturated carbocycles. The number of hydrogen-bond donors (Lipinski definition) is 2. The molecule has 4 aromatic rings. The number of aryl methyl sites for hydroxylation is 2. The molecule has 0 bridgehead atoms. The summed E-state index contributed by atoms with van der Waals surface area (Å²) in [7, 11) is -9.24. The normalized spacial score (nSPS) is 11.2. The maximum Gasteiger partial charge on any atom is 2.00 e. The van der Waals surface area contributed by atoms with Crippen LogP contribution in [0.5, 0.6) is 34.5 Å². The number of unbranched alkanes of at least 4 members (excludes halogenated alkanes) is 6. The van der Waals surface area contributed by atoms with E-state index in [0.29, 0.717) is 36.3 Å². The van der Waals surface area contributed by atoms with Crippen LogP contribution in [-0.2, 0) is 33.1 Å². The summed E-state index contributed by atoms with van der Waals surface area (Å²) >= 11 is 0. The zero-order valence-electron chi connectivity index (χ0n) is 27.8. The first-order chi connectivity index (χ1) is 22.8. The van der Waals surface area contributed by atoms with Crippen LogP contribution >= 0.6 is 0 Å². The van der Waals surface area contributed by atoms with E-state index in [2.05, 4.69) is 13.8 Å². The van der Waals surface area contributed by atoms with Gasteiger partial charge in [0.25, 0.3) is 10.1 Å². The van der Waals surface area contributed by atoms with Gasteiger partial charge in [-0.3, -0.25) is 4.55 Å². The average molecular weight is 739 g/mol. The second-order valence-electron chi connectivity index (χ2n) is 11.2. The van der Waals surface area contributed by atoms with Crippen molar-refractivity contribution in [2.24, 2.45) is 0 Å². The van der Waals surface area contributed by atoms with Crippen molar-refractivity contribution in [3.05, 3.63) is 96.1 Å². The molecule has 4 rings (SSSR count). The predicted molar refractivity (Wildman–Crippen MR) is 186 cm³/mol. The number of hydrogen-bond acceptors (Lipinski definition) is 9. The van der Waals surface area contributed by atoms with Crippen molar-refractivity contribution in [1.29, 1.82) is 0 Å². The Kier molecular flexibility index (Phi) is 17.9. The van der Waals surface area contributed by atoms with Crippen molar-refractivity contribution in [2.75, 3.05) is 0 Å².